The summed E-state index contributed by atoms with van der Waals surface area (Å²) in [5.41, 5.74) is 3.35. The number of piperazine rings is 1. The van der Waals surface area contributed by atoms with Gasteiger partial charge in [-0.3, -0.25) is 9.69 Å². The van der Waals surface area contributed by atoms with Crippen molar-refractivity contribution >= 4 is 17.2 Å². The number of carbonyl (C=O) groups excluding carboxylic acids is 1. The standard InChI is InChI=1S/C20H22N6OS/c27-19(25-11-9-24(10-12-25)13-15-5-2-1-3-6-15)18-16-7-4-8-17(16)28-20(18)26-14-21-22-23-26/h1-3,5-6,14H,4,7-13H2. The number of aryl methyl sites for hydroxylation is 1. The second kappa shape index (κ2) is 7.44. The summed E-state index contributed by atoms with van der Waals surface area (Å²) in [7, 11) is 0. The molecule has 1 aliphatic carbocycles. The van der Waals surface area contributed by atoms with Gasteiger partial charge in [-0.15, -0.1) is 16.4 Å². The van der Waals surface area contributed by atoms with E-state index in [1.54, 1.807) is 22.3 Å². The lowest BCUT2D eigenvalue weighted by Gasteiger charge is -2.35. The number of fused-ring (bicyclic) bond motifs is 1. The van der Waals surface area contributed by atoms with Crippen molar-refractivity contribution in [1.29, 1.82) is 0 Å². The molecule has 0 radical (unpaired) electrons. The molecule has 1 aliphatic heterocycles. The summed E-state index contributed by atoms with van der Waals surface area (Å²) < 4.78 is 1.64. The summed E-state index contributed by atoms with van der Waals surface area (Å²) in [5.74, 6) is 0.129. The van der Waals surface area contributed by atoms with Gasteiger partial charge in [0, 0.05) is 37.6 Å². The number of nitrogens with zero attached hydrogens (tertiary/aromatic N) is 6. The van der Waals surface area contributed by atoms with Gasteiger partial charge in [-0.2, -0.15) is 4.68 Å². The van der Waals surface area contributed by atoms with Gasteiger partial charge in [0.25, 0.3) is 5.91 Å². The molecule has 2 aliphatic rings. The summed E-state index contributed by atoms with van der Waals surface area (Å²) in [6.45, 7) is 4.24. The molecule has 1 aromatic carbocycles. The maximum absolute atomic E-state index is 13.4. The predicted octanol–water partition coefficient (Wildman–Crippen LogP) is 2.17. The van der Waals surface area contributed by atoms with Crippen LogP contribution in [0.4, 0.5) is 0 Å². The Labute approximate surface area is 167 Å². The van der Waals surface area contributed by atoms with E-state index < -0.39 is 0 Å². The Balaban J connectivity index is 1.33. The second-order valence-corrected chi connectivity index (χ2v) is 8.43. The highest BCUT2D eigenvalue weighted by atomic mass is 32.1. The van der Waals surface area contributed by atoms with Crippen LogP contribution < -0.4 is 0 Å². The van der Waals surface area contributed by atoms with Crippen LogP contribution in [0.3, 0.4) is 0 Å². The number of hydrogen-bond acceptors (Lipinski definition) is 6. The van der Waals surface area contributed by atoms with Crippen molar-refractivity contribution in [2.45, 2.75) is 25.8 Å². The van der Waals surface area contributed by atoms with Gasteiger partial charge in [0.1, 0.15) is 11.3 Å². The quantitative estimate of drug-likeness (QED) is 0.678. The van der Waals surface area contributed by atoms with Crippen LogP contribution in [0.1, 0.15) is 32.8 Å². The molecule has 28 heavy (non-hydrogen) atoms. The largest absolute Gasteiger partial charge is 0.336 e. The van der Waals surface area contributed by atoms with Crippen molar-refractivity contribution in [2.75, 3.05) is 26.2 Å². The summed E-state index contributed by atoms with van der Waals surface area (Å²) in [5, 5.41) is 12.4. The molecule has 3 heterocycles. The molecule has 0 spiro atoms. The maximum Gasteiger partial charge on any atom is 0.257 e. The Kier molecular flexibility index (Phi) is 4.66. The molecule has 0 atom stereocenters. The molecular formula is C20H22N6OS. The van der Waals surface area contributed by atoms with E-state index in [9.17, 15) is 4.79 Å². The molecule has 144 valence electrons. The van der Waals surface area contributed by atoms with Gasteiger partial charge in [0.05, 0.1) is 5.56 Å². The highest BCUT2D eigenvalue weighted by Gasteiger charge is 2.32. The first-order valence-corrected chi connectivity index (χ1v) is 10.5. The molecule has 8 heteroatoms. The van der Waals surface area contributed by atoms with Gasteiger partial charge < -0.3 is 4.90 Å². The zero-order valence-corrected chi connectivity index (χ0v) is 16.4. The van der Waals surface area contributed by atoms with E-state index in [1.807, 2.05) is 11.0 Å². The Morgan fingerprint density at radius 2 is 1.89 bits per heavy atom. The Hall–Kier alpha value is -2.58. The Morgan fingerprint density at radius 3 is 2.64 bits per heavy atom. The number of hydrogen-bond donors (Lipinski definition) is 0. The molecule has 5 rings (SSSR count). The molecule has 1 amide bonds. The molecule has 1 saturated heterocycles. The SMILES string of the molecule is O=C(c1c(-n2cnnn2)sc2c1CCC2)N1CCN(Cc2ccccc2)CC1. The average molecular weight is 395 g/mol. The number of tetrazole rings is 1. The fraction of sp³-hybridized carbons (Fsp3) is 0.400. The minimum Gasteiger partial charge on any atom is -0.336 e. The fourth-order valence-corrected chi connectivity index (χ4v) is 5.43. The van der Waals surface area contributed by atoms with Crippen molar-refractivity contribution < 1.29 is 4.79 Å². The van der Waals surface area contributed by atoms with Crippen LogP contribution in [-0.4, -0.2) is 62.1 Å². The third-order valence-corrected chi connectivity index (χ3v) is 6.86. The van der Waals surface area contributed by atoms with Crippen LogP contribution in [0, 0.1) is 0 Å². The first-order valence-electron chi connectivity index (χ1n) is 9.73. The summed E-state index contributed by atoms with van der Waals surface area (Å²) >= 11 is 1.66. The highest BCUT2D eigenvalue weighted by molar-refractivity contribution is 7.15. The fourth-order valence-electron chi connectivity index (χ4n) is 4.13. The highest BCUT2D eigenvalue weighted by Crippen LogP contribution is 2.38. The van der Waals surface area contributed by atoms with Gasteiger partial charge in [-0.05, 0) is 40.8 Å². The zero-order valence-electron chi connectivity index (χ0n) is 15.6. The van der Waals surface area contributed by atoms with Crippen LogP contribution in [0.5, 0.6) is 0 Å². The van der Waals surface area contributed by atoms with Gasteiger partial charge in [-0.1, -0.05) is 30.3 Å². The van der Waals surface area contributed by atoms with E-state index in [-0.39, 0.29) is 5.91 Å². The van der Waals surface area contributed by atoms with Crippen molar-refractivity contribution in [3.8, 4) is 5.00 Å². The predicted molar refractivity (Wildman–Crippen MR) is 107 cm³/mol. The van der Waals surface area contributed by atoms with Crippen LogP contribution >= 0.6 is 11.3 Å². The molecule has 3 aromatic rings. The molecule has 0 unspecified atom stereocenters. The topological polar surface area (TPSA) is 67.2 Å². The van der Waals surface area contributed by atoms with Crippen LogP contribution in [0.2, 0.25) is 0 Å². The lowest BCUT2D eigenvalue weighted by Crippen LogP contribution is -2.48. The number of thiophene rings is 1. The average Bonchev–Trinajstić information content (AvgIpc) is 3.46. The van der Waals surface area contributed by atoms with E-state index in [2.05, 4.69) is 44.7 Å². The minimum atomic E-state index is 0.129. The van der Waals surface area contributed by atoms with Crippen molar-refractivity contribution in [1.82, 2.24) is 30.0 Å². The van der Waals surface area contributed by atoms with E-state index >= 15 is 0 Å². The summed E-state index contributed by atoms with van der Waals surface area (Å²) in [6.07, 6.45) is 4.73. The molecule has 7 nitrogen and oxygen atoms in total. The van der Waals surface area contributed by atoms with E-state index in [0.29, 0.717) is 0 Å². The third-order valence-electron chi connectivity index (χ3n) is 5.58. The number of rotatable bonds is 4. The first-order chi connectivity index (χ1) is 13.8. The van der Waals surface area contributed by atoms with Crippen LogP contribution in [0.15, 0.2) is 36.7 Å². The molecule has 2 aromatic heterocycles. The number of carbonyl (C=O) groups is 1. The van der Waals surface area contributed by atoms with Crippen molar-refractivity contribution in [3.05, 3.63) is 58.2 Å². The molecule has 0 saturated carbocycles. The van der Waals surface area contributed by atoms with Gasteiger partial charge in [0.2, 0.25) is 0 Å². The van der Waals surface area contributed by atoms with Crippen molar-refractivity contribution in [3.63, 3.8) is 0 Å². The third kappa shape index (κ3) is 3.22. The van der Waals surface area contributed by atoms with Gasteiger partial charge >= 0.3 is 0 Å². The van der Waals surface area contributed by atoms with E-state index in [4.69, 9.17) is 0 Å². The van der Waals surface area contributed by atoms with Crippen LogP contribution in [-0.2, 0) is 19.4 Å². The summed E-state index contributed by atoms with van der Waals surface area (Å²) in [6, 6.07) is 10.5. The maximum atomic E-state index is 13.4. The number of benzene rings is 1. The molecule has 0 bridgehead atoms. The summed E-state index contributed by atoms with van der Waals surface area (Å²) in [4.78, 5) is 19.2. The monoisotopic (exact) mass is 394 g/mol. The smallest absolute Gasteiger partial charge is 0.257 e. The number of amides is 1. The molecular weight excluding hydrogens is 372 g/mol. The van der Waals surface area contributed by atoms with Crippen molar-refractivity contribution in [2.24, 2.45) is 0 Å². The minimum absolute atomic E-state index is 0.129. The van der Waals surface area contributed by atoms with Gasteiger partial charge in [-0.25, -0.2) is 0 Å². The normalized spacial score (nSPS) is 17.1. The van der Waals surface area contributed by atoms with E-state index in [0.717, 1.165) is 62.6 Å². The zero-order chi connectivity index (χ0) is 18.9. The Bertz CT molecular complexity index is 960. The van der Waals surface area contributed by atoms with Crippen LogP contribution in [0.25, 0.3) is 5.00 Å². The van der Waals surface area contributed by atoms with Gasteiger partial charge in [0.15, 0.2) is 0 Å². The Morgan fingerprint density at radius 1 is 1.07 bits per heavy atom. The van der Waals surface area contributed by atoms with E-state index in [1.165, 1.54) is 16.0 Å². The lowest BCUT2D eigenvalue weighted by molar-refractivity contribution is 0.0628. The second-order valence-electron chi connectivity index (χ2n) is 7.35. The first kappa shape index (κ1) is 17.5. The molecule has 1 fully saturated rings. The molecule has 0 N–H and O–H groups in total. The lowest BCUT2D eigenvalue weighted by atomic mass is 10.1. The number of aromatic nitrogens is 4.